The van der Waals surface area contributed by atoms with Crippen molar-refractivity contribution in [3.8, 4) is 0 Å². The first-order valence-corrected chi connectivity index (χ1v) is 2.82. The van der Waals surface area contributed by atoms with E-state index in [1.165, 1.54) is 0 Å². The zero-order valence-corrected chi connectivity index (χ0v) is 4.82. The van der Waals surface area contributed by atoms with Gasteiger partial charge in [-0.2, -0.15) is 6.42 Å². The van der Waals surface area contributed by atoms with Gasteiger partial charge in [-0.25, -0.2) is 0 Å². The van der Waals surface area contributed by atoms with E-state index in [0.29, 0.717) is 0 Å². The summed E-state index contributed by atoms with van der Waals surface area (Å²) in [6, 6.07) is 0. The van der Waals surface area contributed by atoms with Crippen LogP contribution in [0, 0.1) is 20.3 Å². The topological polar surface area (TPSA) is 0 Å². The van der Waals surface area contributed by atoms with Gasteiger partial charge in [-0.1, -0.05) is 6.42 Å². The average molecular weight is 97.2 g/mol. The van der Waals surface area contributed by atoms with Crippen LogP contribution in [0.25, 0.3) is 0 Å². The van der Waals surface area contributed by atoms with Crippen molar-refractivity contribution in [1.29, 1.82) is 0 Å². The molecule has 0 aliphatic carbocycles. The monoisotopic (exact) mass is 97.1 g/mol. The van der Waals surface area contributed by atoms with Crippen LogP contribution in [0.5, 0.6) is 0 Å². The van der Waals surface area contributed by atoms with Gasteiger partial charge in [0.05, 0.1) is 13.3 Å². The maximum absolute atomic E-state index is 3.71. The van der Waals surface area contributed by atoms with Crippen LogP contribution >= 0.6 is 0 Å². The molecule has 0 nitrogen and oxygen atoms in total. The minimum atomic E-state index is 1.03. The Labute approximate surface area is 46.9 Å². The molecule has 0 amide bonds. The summed E-state index contributed by atoms with van der Waals surface area (Å²) >= 11 is 0. The Balaban J connectivity index is 2.45. The first kappa shape index (κ1) is 6.87. The number of hydrogen-bond donors (Lipinski definition) is 0. The zero-order valence-electron chi connectivity index (χ0n) is 4.82. The Bertz CT molecular complexity index is 19.2. The predicted octanol–water partition coefficient (Wildman–Crippen LogP) is 2.42. The van der Waals surface area contributed by atoms with E-state index in [4.69, 9.17) is 0 Å². The van der Waals surface area contributed by atoms with Gasteiger partial charge in [-0.3, -0.25) is 0 Å². The Kier molecular flexibility index (Phi) is 5.76. The molecule has 0 N–H and O–H groups in total. The fraction of sp³-hybridized carbons (Fsp3) is 0.571. The predicted molar refractivity (Wildman–Crippen MR) is 33.5 cm³/mol. The molecule has 1 radical (unpaired) electrons. The Morgan fingerprint density at radius 1 is 1.43 bits per heavy atom. The Morgan fingerprint density at radius 3 is 2.57 bits per heavy atom. The van der Waals surface area contributed by atoms with Crippen LogP contribution in [0.3, 0.4) is 0 Å². The molecule has 7 heavy (non-hydrogen) atoms. The van der Waals surface area contributed by atoms with Crippen LogP contribution in [0.15, 0.2) is 0 Å². The highest BCUT2D eigenvalue weighted by Crippen LogP contribution is 1.98. The van der Waals surface area contributed by atoms with Crippen LogP contribution in [-0.2, 0) is 0 Å². The minimum Gasteiger partial charge on any atom is -0.343 e. The fourth-order valence-electron chi connectivity index (χ4n) is 0.433. The van der Waals surface area contributed by atoms with Crippen LogP contribution in [0.4, 0.5) is 0 Å². The molecule has 0 heterocycles. The van der Waals surface area contributed by atoms with Gasteiger partial charge in [0.15, 0.2) is 0 Å². The number of rotatable bonds is 4. The molecule has 0 unspecified atom stereocenters. The third kappa shape index (κ3) is 5.87. The van der Waals surface area contributed by atoms with Crippen molar-refractivity contribution in [1.82, 2.24) is 0 Å². The highest BCUT2D eigenvalue weighted by molar-refractivity contribution is 4.64. The molecule has 0 aromatic carbocycles. The molecule has 0 aliphatic rings. The lowest BCUT2D eigenvalue weighted by molar-refractivity contribution is 0.854. The molecule has 0 saturated heterocycles. The first-order chi connectivity index (χ1) is 3.41. The quantitative estimate of drug-likeness (QED) is 0.373. The van der Waals surface area contributed by atoms with Gasteiger partial charge in [0.2, 0.25) is 0 Å². The molecule has 0 fully saturated rings. The third-order valence-electron chi connectivity index (χ3n) is 0.816. The lowest BCUT2D eigenvalue weighted by atomic mass is 10.2. The molecular formula is C7H13. The summed E-state index contributed by atoms with van der Waals surface area (Å²) in [6.07, 6.45) is 6.59. The van der Waals surface area contributed by atoms with E-state index >= 15 is 0 Å². The van der Waals surface area contributed by atoms with Crippen molar-refractivity contribution < 1.29 is 0 Å². The van der Waals surface area contributed by atoms with Crippen LogP contribution in [-0.4, -0.2) is 0 Å². The molecule has 41 valence electrons. The summed E-state index contributed by atoms with van der Waals surface area (Å²) in [4.78, 5) is 0. The van der Waals surface area contributed by atoms with Gasteiger partial charge in [0, 0.05) is 0 Å². The fourth-order valence-corrected chi connectivity index (χ4v) is 0.433. The van der Waals surface area contributed by atoms with Crippen molar-refractivity contribution in [3.05, 3.63) is 20.3 Å². The smallest absolute Gasteiger partial charge is 0.0853 e. The van der Waals surface area contributed by atoms with Gasteiger partial charge >= 0.3 is 0 Å². The van der Waals surface area contributed by atoms with E-state index in [-0.39, 0.29) is 0 Å². The van der Waals surface area contributed by atoms with Crippen LogP contribution in [0.2, 0.25) is 0 Å². The van der Waals surface area contributed by atoms with E-state index in [1.807, 2.05) is 0 Å². The summed E-state index contributed by atoms with van der Waals surface area (Å²) in [5.74, 6) is 0. The van der Waals surface area contributed by atoms with E-state index in [1.54, 1.807) is 0 Å². The molecule has 0 bridgehead atoms. The molecule has 0 aromatic rings. The number of hydrogen-bond acceptors (Lipinski definition) is 0. The second-order valence-corrected chi connectivity index (χ2v) is 1.57. The highest BCUT2D eigenvalue weighted by Gasteiger charge is 1.82. The minimum absolute atomic E-state index is 1.03. The Hall–Kier alpha value is -0.130. The summed E-state index contributed by atoms with van der Waals surface area (Å²) in [5.41, 5.74) is 0. The molecule has 0 atom stereocenters. The van der Waals surface area contributed by atoms with E-state index in [2.05, 4.69) is 20.3 Å². The average Bonchev–Trinajstić information content (AvgIpc) is 1.69. The van der Waals surface area contributed by atoms with Gasteiger partial charge in [0.1, 0.15) is 0 Å². The Morgan fingerprint density at radius 2 is 2.14 bits per heavy atom. The van der Waals surface area contributed by atoms with Crippen molar-refractivity contribution in [3.63, 3.8) is 0 Å². The summed E-state index contributed by atoms with van der Waals surface area (Å²) in [5, 5.41) is 0. The molecule has 0 heteroatoms. The van der Waals surface area contributed by atoms with Crippen LogP contribution in [0.1, 0.15) is 25.7 Å². The SMILES string of the molecule is [CH2+]CC[CH]CC[CH2-]. The summed E-state index contributed by atoms with van der Waals surface area (Å²) < 4.78 is 0. The van der Waals surface area contributed by atoms with Gasteiger partial charge in [0.25, 0.3) is 0 Å². The van der Waals surface area contributed by atoms with Crippen molar-refractivity contribution >= 4 is 0 Å². The molecular weight excluding hydrogens is 84.1 g/mol. The normalized spacial score (nSPS) is 9.29. The maximum atomic E-state index is 3.71. The molecule has 0 rings (SSSR count). The molecule has 0 aliphatic heterocycles. The second kappa shape index (κ2) is 5.87. The van der Waals surface area contributed by atoms with E-state index in [0.717, 1.165) is 25.7 Å². The lowest BCUT2D eigenvalue weighted by Crippen LogP contribution is -1.72. The van der Waals surface area contributed by atoms with Crippen molar-refractivity contribution in [2.75, 3.05) is 0 Å². The van der Waals surface area contributed by atoms with Gasteiger partial charge in [-0.05, 0) is 12.8 Å². The van der Waals surface area contributed by atoms with E-state index in [9.17, 15) is 0 Å². The second-order valence-electron chi connectivity index (χ2n) is 1.57. The molecule has 0 spiro atoms. The first-order valence-electron chi connectivity index (χ1n) is 2.82. The zero-order chi connectivity index (χ0) is 5.54. The maximum Gasteiger partial charge on any atom is 0.0853 e. The van der Waals surface area contributed by atoms with Crippen molar-refractivity contribution in [2.24, 2.45) is 0 Å². The van der Waals surface area contributed by atoms with E-state index < -0.39 is 0 Å². The summed E-state index contributed by atoms with van der Waals surface area (Å²) in [6.45, 7) is 7.41. The highest BCUT2D eigenvalue weighted by atomic mass is 13.9. The van der Waals surface area contributed by atoms with Gasteiger partial charge in [-0.15, -0.1) is 0 Å². The number of unbranched alkanes of at least 4 members (excludes halogenated alkanes) is 4. The largest absolute Gasteiger partial charge is 0.343 e. The molecule has 0 aromatic heterocycles. The van der Waals surface area contributed by atoms with Gasteiger partial charge < -0.3 is 6.92 Å². The standard InChI is InChI=1S/C7H13/c1-3-5-7-6-4-2/h7H,1-6H2. The third-order valence-corrected chi connectivity index (χ3v) is 0.816. The lowest BCUT2D eigenvalue weighted by Gasteiger charge is -1.92. The summed E-state index contributed by atoms with van der Waals surface area (Å²) in [7, 11) is 0. The molecule has 0 saturated carbocycles. The van der Waals surface area contributed by atoms with Crippen LogP contribution < -0.4 is 0 Å². The van der Waals surface area contributed by atoms with Crippen molar-refractivity contribution in [2.45, 2.75) is 25.7 Å².